The Bertz CT molecular complexity index is 767. The van der Waals surface area contributed by atoms with Crippen molar-refractivity contribution in [2.45, 2.75) is 12.8 Å². The highest BCUT2D eigenvalue weighted by Gasteiger charge is 2.28. The summed E-state index contributed by atoms with van der Waals surface area (Å²) in [7, 11) is 0. The predicted octanol–water partition coefficient (Wildman–Crippen LogP) is 3.08. The highest BCUT2D eigenvalue weighted by molar-refractivity contribution is 5.93. The van der Waals surface area contributed by atoms with Gasteiger partial charge in [0.25, 0.3) is 5.91 Å². The molecule has 0 aliphatic carbocycles. The van der Waals surface area contributed by atoms with E-state index >= 15 is 0 Å². The Morgan fingerprint density at radius 1 is 1.15 bits per heavy atom. The highest BCUT2D eigenvalue weighted by Crippen LogP contribution is 2.19. The average Bonchev–Trinajstić information content (AvgIpc) is 2.67. The molecule has 0 spiro atoms. The lowest BCUT2D eigenvalue weighted by atomic mass is 9.97. The van der Waals surface area contributed by atoms with Crippen LogP contribution in [-0.4, -0.2) is 36.4 Å². The Morgan fingerprint density at radius 2 is 1.96 bits per heavy atom. The molecule has 3 rings (SSSR count). The number of carbonyl (C=O) groups is 2. The Morgan fingerprint density at radius 3 is 2.73 bits per heavy atom. The Labute approximate surface area is 151 Å². The molecule has 2 aromatic rings. The van der Waals surface area contributed by atoms with E-state index in [1.165, 1.54) is 18.2 Å². The van der Waals surface area contributed by atoms with Gasteiger partial charge in [-0.15, -0.1) is 0 Å². The Hall–Kier alpha value is -2.89. The van der Waals surface area contributed by atoms with Gasteiger partial charge in [0.05, 0.1) is 5.92 Å². The fraction of sp³-hybridized carbons (Fsp3) is 0.300. The van der Waals surface area contributed by atoms with Crippen LogP contribution in [0.4, 0.5) is 10.1 Å². The predicted molar refractivity (Wildman–Crippen MR) is 96.3 cm³/mol. The Balaban J connectivity index is 1.52. The van der Waals surface area contributed by atoms with Crippen molar-refractivity contribution < 1.29 is 18.7 Å². The fourth-order valence-corrected chi connectivity index (χ4v) is 2.98. The van der Waals surface area contributed by atoms with E-state index in [9.17, 15) is 14.0 Å². The minimum absolute atomic E-state index is 0.0836. The van der Waals surface area contributed by atoms with E-state index in [2.05, 4.69) is 5.32 Å². The molecule has 5 nitrogen and oxygen atoms in total. The first-order chi connectivity index (χ1) is 12.6. The normalized spacial score (nSPS) is 16.8. The lowest BCUT2D eigenvalue weighted by Gasteiger charge is -2.32. The van der Waals surface area contributed by atoms with Gasteiger partial charge in [0.15, 0.2) is 6.61 Å². The molecule has 1 saturated heterocycles. The van der Waals surface area contributed by atoms with Gasteiger partial charge in [0.1, 0.15) is 11.6 Å². The molecule has 1 aliphatic heterocycles. The first-order valence-corrected chi connectivity index (χ1v) is 8.64. The standard InChI is InChI=1S/C20H21FN2O3/c21-16-7-4-10-18(12-16)26-14-19(24)23-11-5-6-15(13-23)20(25)22-17-8-2-1-3-9-17/h1-4,7-10,12,15H,5-6,11,13-14H2,(H,22,25)/t15-/m0/s1. The third-order valence-electron chi connectivity index (χ3n) is 4.34. The maximum atomic E-state index is 13.1. The number of rotatable bonds is 5. The number of hydrogen-bond donors (Lipinski definition) is 1. The van der Waals surface area contributed by atoms with E-state index in [4.69, 9.17) is 4.74 Å². The van der Waals surface area contributed by atoms with Crippen molar-refractivity contribution in [3.05, 3.63) is 60.4 Å². The van der Waals surface area contributed by atoms with Gasteiger partial charge in [-0.05, 0) is 37.1 Å². The molecule has 0 radical (unpaired) electrons. The second kappa shape index (κ2) is 8.47. The van der Waals surface area contributed by atoms with Gasteiger partial charge >= 0.3 is 0 Å². The smallest absolute Gasteiger partial charge is 0.260 e. The molecule has 1 N–H and O–H groups in total. The molecular weight excluding hydrogens is 335 g/mol. The van der Waals surface area contributed by atoms with E-state index in [0.29, 0.717) is 18.8 Å². The van der Waals surface area contributed by atoms with Crippen molar-refractivity contribution in [3.8, 4) is 5.75 Å². The molecule has 0 bridgehead atoms. The summed E-state index contributed by atoms with van der Waals surface area (Å²) in [6.45, 7) is 0.793. The minimum Gasteiger partial charge on any atom is -0.484 e. The van der Waals surface area contributed by atoms with Crippen molar-refractivity contribution in [3.63, 3.8) is 0 Å². The van der Waals surface area contributed by atoms with Crippen LogP contribution >= 0.6 is 0 Å². The number of anilines is 1. The third kappa shape index (κ3) is 4.81. The van der Waals surface area contributed by atoms with Crippen molar-refractivity contribution in [1.82, 2.24) is 4.90 Å². The van der Waals surface area contributed by atoms with Crippen molar-refractivity contribution in [2.75, 3.05) is 25.0 Å². The quantitative estimate of drug-likeness (QED) is 0.896. The van der Waals surface area contributed by atoms with Crippen LogP contribution < -0.4 is 10.1 Å². The first-order valence-electron chi connectivity index (χ1n) is 8.64. The average molecular weight is 356 g/mol. The van der Waals surface area contributed by atoms with E-state index in [1.54, 1.807) is 11.0 Å². The molecular formula is C20H21FN2O3. The molecule has 2 amide bonds. The summed E-state index contributed by atoms with van der Waals surface area (Å²) < 4.78 is 18.5. The maximum Gasteiger partial charge on any atom is 0.260 e. The van der Waals surface area contributed by atoms with Gasteiger partial charge in [-0.2, -0.15) is 0 Å². The SMILES string of the molecule is O=C(Nc1ccccc1)[C@H]1CCCN(C(=O)COc2cccc(F)c2)C1. The van der Waals surface area contributed by atoms with Crippen molar-refractivity contribution in [1.29, 1.82) is 0 Å². The number of ether oxygens (including phenoxy) is 1. The van der Waals surface area contributed by atoms with E-state index in [1.807, 2.05) is 30.3 Å². The van der Waals surface area contributed by atoms with Gasteiger partial charge < -0.3 is 15.0 Å². The zero-order chi connectivity index (χ0) is 18.4. The number of piperidine rings is 1. The summed E-state index contributed by atoms with van der Waals surface area (Å²) >= 11 is 0. The van der Waals surface area contributed by atoms with Crippen LogP contribution in [-0.2, 0) is 9.59 Å². The highest BCUT2D eigenvalue weighted by atomic mass is 19.1. The van der Waals surface area contributed by atoms with Gasteiger partial charge in [0.2, 0.25) is 5.91 Å². The van der Waals surface area contributed by atoms with Crippen LogP contribution in [0.5, 0.6) is 5.75 Å². The van der Waals surface area contributed by atoms with Crippen LogP contribution in [0.15, 0.2) is 54.6 Å². The molecule has 6 heteroatoms. The van der Waals surface area contributed by atoms with E-state index < -0.39 is 5.82 Å². The van der Waals surface area contributed by atoms with Gasteiger partial charge in [-0.25, -0.2) is 4.39 Å². The molecule has 1 fully saturated rings. The monoisotopic (exact) mass is 356 g/mol. The summed E-state index contributed by atoms with van der Waals surface area (Å²) in [4.78, 5) is 26.4. The van der Waals surface area contributed by atoms with Crippen LogP contribution in [0, 0.1) is 11.7 Å². The molecule has 1 aliphatic rings. The molecule has 0 saturated carbocycles. The number of benzene rings is 2. The van der Waals surface area contributed by atoms with Crippen LogP contribution in [0.2, 0.25) is 0 Å². The fourth-order valence-electron chi connectivity index (χ4n) is 2.98. The summed E-state index contributed by atoms with van der Waals surface area (Å²) in [6, 6.07) is 14.9. The van der Waals surface area contributed by atoms with Crippen LogP contribution in [0.1, 0.15) is 12.8 Å². The lowest BCUT2D eigenvalue weighted by molar-refractivity contribution is -0.136. The van der Waals surface area contributed by atoms with Crippen LogP contribution in [0.3, 0.4) is 0 Å². The molecule has 2 aromatic carbocycles. The molecule has 1 atom stereocenters. The number of amides is 2. The number of para-hydroxylation sites is 1. The molecule has 1 heterocycles. The molecule has 0 aromatic heterocycles. The Kier molecular flexibility index (Phi) is 5.84. The zero-order valence-corrected chi connectivity index (χ0v) is 14.4. The molecule has 136 valence electrons. The summed E-state index contributed by atoms with van der Waals surface area (Å²) in [6.07, 6.45) is 1.51. The van der Waals surface area contributed by atoms with Crippen LogP contribution in [0.25, 0.3) is 0 Å². The number of hydrogen-bond acceptors (Lipinski definition) is 3. The largest absolute Gasteiger partial charge is 0.484 e. The number of nitrogens with one attached hydrogen (secondary N) is 1. The summed E-state index contributed by atoms with van der Waals surface area (Å²) in [5.41, 5.74) is 0.746. The topological polar surface area (TPSA) is 58.6 Å². The second-order valence-corrected chi connectivity index (χ2v) is 6.28. The lowest BCUT2D eigenvalue weighted by Crippen LogP contribution is -2.45. The first kappa shape index (κ1) is 17.9. The third-order valence-corrected chi connectivity index (χ3v) is 4.34. The van der Waals surface area contributed by atoms with Gasteiger partial charge in [-0.3, -0.25) is 9.59 Å². The van der Waals surface area contributed by atoms with E-state index in [0.717, 1.165) is 18.5 Å². The van der Waals surface area contributed by atoms with E-state index in [-0.39, 0.29) is 24.3 Å². The van der Waals surface area contributed by atoms with Crippen molar-refractivity contribution >= 4 is 17.5 Å². The summed E-state index contributed by atoms with van der Waals surface area (Å²) in [5.74, 6) is -0.632. The summed E-state index contributed by atoms with van der Waals surface area (Å²) in [5, 5.41) is 2.89. The number of carbonyl (C=O) groups excluding carboxylic acids is 2. The van der Waals surface area contributed by atoms with Gasteiger partial charge in [-0.1, -0.05) is 24.3 Å². The molecule has 26 heavy (non-hydrogen) atoms. The second-order valence-electron chi connectivity index (χ2n) is 6.28. The molecule has 0 unspecified atom stereocenters. The van der Waals surface area contributed by atoms with Crippen molar-refractivity contribution in [2.24, 2.45) is 5.92 Å². The minimum atomic E-state index is -0.412. The zero-order valence-electron chi connectivity index (χ0n) is 14.4. The maximum absolute atomic E-state index is 13.1. The number of likely N-dealkylation sites (tertiary alicyclic amines) is 1. The van der Waals surface area contributed by atoms with Gasteiger partial charge in [0, 0.05) is 24.8 Å². The number of halogens is 1. The number of nitrogens with zero attached hydrogens (tertiary/aromatic N) is 1.